The Labute approximate surface area is 127 Å². The number of thiazole rings is 1. The van der Waals surface area contributed by atoms with Gasteiger partial charge in [0.1, 0.15) is 0 Å². The molecule has 1 fully saturated rings. The van der Waals surface area contributed by atoms with E-state index < -0.39 is 0 Å². The molecule has 0 aromatic carbocycles. The Balaban J connectivity index is 1.83. The van der Waals surface area contributed by atoms with Crippen molar-refractivity contribution in [3.05, 3.63) is 33.0 Å². The largest absolute Gasteiger partial charge is 0.391 e. The topological polar surface area (TPSA) is 36.4 Å². The van der Waals surface area contributed by atoms with E-state index in [1.165, 1.54) is 17.7 Å². The number of aryl methyl sites for hydroxylation is 1. The van der Waals surface area contributed by atoms with Crippen LogP contribution in [0.1, 0.15) is 41.6 Å². The maximum Gasteiger partial charge on any atom is 0.186 e. The van der Waals surface area contributed by atoms with Crippen molar-refractivity contribution in [3.63, 3.8) is 0 Å². The van der Waals surface area contributed by atoms with Crippen LogP contribution in [0.2, 0.25) is 0 Å². The summed E-state index contributed by atoms with van der Waals surface area (Å²) < 4.78 is 0. The number of aromatic nitrogens is 1. The maximum absolute atomic E-state index is 9.51. The van der Waals surface area contributed by atoms with Crippen molar-refractivity contribution in [2.45, 2.75) is 51.8 Å². The first-order chi connectivity index (χ1) is 9.81. The highest BCUT2D eigenvalue weighted by Crippen LogP contribution is 2.37. The molecule has 108 valence electrons. The summed E-state index contributed by atoms with van der Waals surface area (Å²) in [5, 5.41) is 12.7. The number of aliphatic hydroxyl groups is 1. The third-order valence-corrected chi connectivity index (χ3v) is 5.52. The fourth-order valence-corrected chi connectivity index (χ4v) is 4.10. The van der Waals surface area contributed by atoms with E-state index in [1.807, 2.05) is 0 Å². The van der Waals surface area contributed by atoms with Gasteiger partial charge in [0.05, 0.1) is 23.7 Å². The molecule has 20 heavy (non-hydrogen) atoms. The van der Waals surface area contributed by atoms with E-state index in [1.54, 1.807) is 22.7 Å². The van der Waals surface area contributed by atoms with E-state index in [9.17, 15) is 5.11 Å². The zero-order valence-electron chi connectivity index (χ0n) is 11.7. The van der Waals surface area contributed by atoms with Gasteiger partial charge in [0.2, 0.25) is 0 Å². The number of aliphatic hydroxyl groups excluding tert-OH is 1. The summed E-state index contributed by atoms with van der Waals surface area (Å²) in [6.45, 7) is 3.22. The van der Waals surface area contributed by atoms with Crippen molar-refractivity contribution >= 4 is 27.8 Å². The van der Waals surface area contributed by atoms with Gasteiger partial charge >= 0.3 is 0 Å². The standard InChI is InChI=1S/C15H20N2OS2/c1-2-4-13-14(10-18)20-15(16-13)17(11-6-7-11)9-12-5-3-8-19-12/h3,5,8,11,18H,2,4,6-7,9-10H2,1H3. The Kier molecular flexibility index (Phi) is 4.38. The highest BCUT2D eigenvalue weighted by molar-refractivity contribution is 7.15. The van der Waals surface area contributed by atoms with Gasteiger partial charge in [0, 0.05) is 10.9 Å². The van der Waals surface area contributed by atoms with Crippen molar-refractivity contribution < 1.29 is 5.11 Å². The number of anilines is 1. The molecule has 1 aliphatic carbocycles. The molecule has 2 aromatic rings. The van der Waals surface area contributed by atoms with E-state index in [4.69, 9.17) is 4.98 Å². The Bertz CT molecular complexity index is 546. The second-order valence-electron chi connectivity index (χ2n) is 5.21. The van der Waals surface area contributed by atoms with Gasteiger partial charge in [-0.05, 0) is 30.7 Å². The molecule has 2 heterocycles. The second kappa shape index (κ2) is 6.24. The van der Waals surface area contributed by atoms with Crippen LogP contribution in [0.4, 0.5) is 5.13 Å². The predicted molar refractivity (Wildman–Crippen MR) is 85.6 cm³/mol. The summed E-state index contributed by atoms with van der Waals surface area (Å²) >= 11 is 3.47. The van der Waals surface area contributed by atoms with Crippen molar-refractivity contribution in [2.75, 3.05) is 4.90 Å². The van der Waals surface area contributed by atoms with Gasteiger partial charge in [-0.1, -0.05) is 30.7 Å². The first-order valence-electron chi connectivity index (χ1n) is 7.20. The van der Waals surface area contributed by atoms with Gasteiger partial charge in [0.25, 0.3) is 0 Å². The van der Waals surface area contributed by atoms with Gasteiger partial charge in [-0.2, -0.15) is 0 Å². The highest BCUT2D eigenvalue weighted by atomic mass is 32.1. The molecule has 0 aliphatic heterocycles. The molecule has 3 nitrogen and oxygen atoms in total. The molecular weight excluding hydrogens is 288 g/mol. The molecule has 5 heteroatoms. The molecule has 0 bridgehead atoms. The number of nitrogens with zero attached hydrogens (tertiary/aromatic N) is 2. The summed E-state index contributed by atoms with van der Waals surface area (Å²) in [6.07, 6.45) is 4.57. The van der Waals surface area contributed by atoms with Crippen molar-refractivity contribution in [1.29, 1.82) is 0 Å². The van der Waals surface area contributed by atoms with Crippen LogP contribution >= 0.6 is 22.7 Å². The molecule has 0 spiro atoms. The van der Waals surface area contributed by atoms with Crippen LogP contribution in [-0.4, -0.2) is 16.1 Å². The Morgan fingerprint density at radius 2 is 2.30 bits per heavy atom. The lowest BCUT2D eigenvalue weighted by molar-refractivity contribution is 0.284. The maximum atomic E-state index is 9.51. The van der Waals surface area contributed by atoms with Crippen LogP contribution in [0.3, 0.4) is 0 Å². The third-order valence-electron chi connectivity index (χ3n) is 3.54. The summed E-state index contributed by atoms with van der Waals surface area (Å²) in [7, 11) is 0. The summed E-state index contributed by atoms with van der Waals surface area (Å²) in [4.78, 5) is 9.65. The Hall–Kier alpha value is -0.910. The van der Waals surface area contributed by atoms with Gasteiger partial charge in [0.15, 0.2) is 5.13 Å². The van der Waals surface area contributed by atoms with E-state index in [-0.39, 0.29) is 6.61 Å². The average molecular weight is 308 g/mol. The molecule has 0 unspecified atom stereocenters. The van der Waals surface area contributed by atoms with Crippen LogP contribution in [0.5, 0.6) is 0 Å². The SMILES string of the molecule is CCCc1nc(N(Cc2cccs2)C2CC2)sc1CO. The fraction of sp³-hybridized carbons (Fsp3) is 0.533. The summed E-state index contributed by atoms with van der Waals surface area (Å²) in [5.41, 5.74) is 1.09. The van der Waals surface area contributed by atoms with Crippen molar-refractivity contribution in [3.8, 4) is 0 Å². The smallest absolute Gasteiger partial charge is 0.186 e. The molecule has 0 radical (unpaired) electrons. The van der Waals surface area contributed by atoms with E-state index in [0.29, 0.717) is 6.04 Å². The number of hydrogen-bond donors (Lipinski definition) is 1. The van der Waals surface area contributed by atoms with Gasteiger partial charge < -0.3 is 10.0 Å². The third kappa shape index (κ3) is 3.05. The molecular formula is C15H20N2OS2. The minimum Gasteiger partial charge on any atom is -0.391 e. The van der Waals surface area contributed by atoms with Crippen molar-refractivity contribution in [1.82, 2.24) is 4.98 Å². The van der Waals surface area contributed by atoms with Gasteiger partial charge in [-0.15, -0.1) is 11.3 Å². The zero-order valence-corrected chi connectivity index (χ0v) is 13.3. The number of rotatable bonds is 7. The fourth-order valence-electron chi connectivity index (χ4n) is 2.36. The van der Waals surface area contributed by atoms with Gasteiger partial charge in [-0.3, -0.25) is 0 Å². The lowest BCUT2D eigenvalue weighted by Crippen LogP contribution is -2.24. The second-order valence-corrected chi connectivity index (χ2v) is 7.31. The predicted octanol–water partition coefficient (Wildman–Crippen LogP) is 3.82. The van der Waals surface area contributed by atoms with Crippen LogP contribution in [-0.2, 0) is 19.6 Å². The Morgan fingerprint density at radius 3 is 2.90 bits per heavy atom. The summed E-state index contributed by atoms with van der Waals surface area (Å²) in [6, 6.07) is 4.94. The molecule has 0 saturated heterocycles. The molecule has 0 amide bonds. The lowest BCUT2D eigenvalue weighted by Gasteiger charge is -2.20. The molecule has 2 aromatic heterocycles. The van der Waals surface area contributed by atoms with Crippen LogP contribution in [0.25, 0.3) is 0 Å². The molecule has 0 atom stereocenters. The number of hydrogen-bond acceptors (Lipinski definition) is 5. The minimum atomic E-state index is 0.116. The molecule has 1 aliphatic rings. The Morgan fingerprint density at radius 1 is 1.45 bits per heavy atom. The summed E-state index contributed by atoms with van der Waals surface area (Å²) in [5.74, 6) is 0. The van der Waals surface area contributed by atoms with Crippen LogP contribution < -0.4 is 4.90 Å². The highest BCUT2D eigenvalue weighted by Gasteiger charge is 2.31. The lowest BCUT2D eigenvalue weighted by atomic mass is 10.2. The molecule has 1 N–H and O–H groups in total. The van der Waals surface area contributed by atoms with E-state index in [0.717, 1.165) is 35.1 Å². The normalized spacial score (nSPS) is 14.7. The molecule has 1 saturated carbocycles. The monoisotopic (exact) mass is 308 g/mol. The van der Waals surface area contributed by atoms with Crippen LogP contribution in [0.15, 0.2) is 17.5 Å². The van der Waals surface area contributed by atoms with Crippen molar-refractivity contribution in [2.24, 2.45) is 0 Å². The zero-order chi connectivity index (χ0) is 13.9. The first-order valence-corrected chi connectivity index (χ1v) is 8.90. The van der Waals surface area contributed by atoms with E-state index >= 15 is 0 Å². The quantitative estimate of drug-likeness (QED) is 0.845. The first kappa shape index (κ1) is 14.0. The number of thiophene rings is 1. The van der Waals surface area contributed by atoms with E-state index in [2.05, 4.69) is 29.3 Å². The minimum absolute atomic E-state index is 0.116. The van der Waals surface area contributed by atoms with Gasteiger partial charge in [-0.25, -0.2) is 4.98 Å². The average Bonchev–Trinajstić information content (AvgIpc) is 3.00. The molecule has 3 rings (SSSR count). The van der Waals surface area contributed by atoms with Crippen LogP contribution in [0, 0.1) is 0 Å².